The van der Waals surface area contributed by atoms with Crippen molar-refractivity contribution < 1.29 is 0 Å². The van der Waals surface area contributed by atoms with Crippen molar-refractivity contribution in [2.75, 3.05) is 4.90 Å². The minimum absolute atomic E-state index is 0.293. The highest BCUT2D eigenvalue weighted by Gasteiger charge is 2.35. The maximum Gasteiger partial charge on any atom is 0.0633 e. The first kappa shape index (κ1) is 28.7. The zero-order valence-electron chi connectivity index (χ0n) is 27.8. The molecule has 0 bridgehead atoms. The Hall–Kier alpha value is -6.16. The molecule has 2 nitrogen and oxygen atoms in total. The van der Waals surface area contributed by atoms with Crippen LogP contribution in [0.3, 0.4) is 0 Å². The van der Waals surface area contributed by atoms with Gasteiger partial charge in [-0.25, -0.2) is 0 Å². The van der Waals surface area contributed by atoms with Gasteiger partial charge in [0.25, 0.3) is 0 Å². The summed E-state index contributed by atoms with van der Waals surface area (Å²) in [6, 6.07) is 60.5. The molecular weight excluding hydrogens is 637 g/mol. The van der Waals surface area contributed by atoms with E-state index in [0.717, 1.165) is 6.42 Å². The lowest BCUT2D eigenvalue weighted by atomic mass is 9.89. The Morgan fingerprint density at radius 2 is 1.24 bits per heavy atom. The SMILES string of the molecule is C1=C(c2ccc3c(c2)c2ccccc2n3-c2cc(-c3ccccc3)c3sc4ccccc4c3c2)C=C2c3ccccc3N(c3ccccc3)C2C1. The summed E-state index contributed by atoms with van der Waals surface area (Å²) in [6.07, 6.45) is 5.84. The lowest BCUT2D eigenvalue weighted by Gasteiger charge is -2.29. The van der Waals surface area contributed by atoms with Gasteiger partial charge in [0.1, 0.15) is 0 Å². The molecule has 9 aromatic rings. The van der Waals surface area contributed by atoms with Gasteiger partial charge in [-0.05, 0) is 89.4 Å². The van der Waals surface area contributed by atoms with Gasteiger partial charge in [-0.15, -0.1) is 11.3 Å². The smallest absolute Gasteiger partial charge is 0.0633 e. The van der Waals surface area contributed by atoms with Gasteiger partial charge in [-0.3, -0.25) is 0 Å². The molecule has 3 heterocycles. The molecule has 0 saturated heterocycles. The van der Waals surface area contributed by atoms with Crippen LogP contribution in [0.4, 0.5) is 11.4 Å². The highest BCUT2D eigenvalue weighted by atomic mass is 32.1. The summed E-state index contributed by atoms with van der Waals surface area (Å²) >= 11 is 1.89. The average Bonchev–Trinajstić information content (AvgIpc) is 3.85. The summed E-state index contributed by atoms with van der Waals surface area (Å²) in [5.74, 6) is 0. The molecule has 2 aromatic heterocycles. The van der Waals surface area contributed by atoms with Crippen LogP contribution in [0.1, 0.15) is 17.5 Å². The number of hydrogen-bond donors (Lipinski definition) is 0. The Morgan fingerprint density at radius 3 is 2.12 bits per heavy atom. The number of benzene rings is 7. The number of hydrogen-bond acceptors (Lipinski definition) is 2. The molecule has 7 aromatic carbocycles. The van der Waals surface area contributed by atoms with E-state index in [1.54, 1.807) is 0 Å². The number of thiophene rings is 1. The highest BCUT2D eigenvalue weighted by molar-refractivity contribution is 7.26. The maximum atomic E-state index is 2.52. The topological polar surface area (TPSA) is 8.17 Å². The quantitative estimate of drug-likeness (QED) is 0.181. The fraction of sp³-hybridized carbons (Fsp3) is 0.0417. The largest absolute Gasteiger partial charge is 0.333 e. The van der Waals surface area contributed by atoms with Gasteiger partial charge in [0.15, 0.2) is 0 Å². The van der Waals surface area contributed by atoms with Crippen molar-refractivity contribution in [2.24, 2.45) is 0 Å². The molecule has 1 aliphatic heterocycles. The van der Waals surface area contributed by atoms with Crippen molar-refractivity contribution >= 4 is 75.8 Å². The molecule has 0 radical (unpaired) electrons. The number of fused-ring (bicyclic) bond motifs is 9. The number of anilines is 2. The molecule has 0 fully saturated rings. The van der Waals surface area contributed by atoms with Crippen LogP contribution in [0, 0.1) is 0 Å². The summed E-state index contributed by atoms with van der Waals surface area (Å²) in [5, 5.41) is 5.17. The molecule has 11 rings (SSSR count). The predicted octanol–water partition coefficient (Wildman–Crippen LogP) is 13.2. The lowest BCUT2D eigenvalue weighted by molar-refractivity contribution is 0.831. The van der Waals surface area contributed by atoms with Crippen LogP contribution in [-0.2, 0) is 0 Å². The highest BCUT2D eigenvalue weighted by Crippen LogP contribution is 2.49. The molecule has 0 saturated carbocycles. The normalized spacial score (nSPS) is 15.4. The number of nitrogens with zero attached hydrogens (tertiary/aromatic N) is 2. The van der Waals surface area contributed by atoms with E-state index in [1.165, 1.54) is 92.4 Å². The van der Waals surface area contributed by atoms with Gasteiger partial charge in [0.2, 0.25) is 0 Å². The molecule has 0 amide bonds. The maximum absolute atomic E-state index is 2.52. The van der Waals surface area contributed by atoms with Crippen molar-refractivity contribution in [3.8, 4) is 16.8 Å². The summed E-state index contributed by atoms with van der Waals surface area (Å²) in [7, 11) is 0. The monoisotopic (exact) mass is 668 g/mol. The van der Waals surface area contributed by atoms with Crippen LogP contribution < -0.4 is 4.90 Å². The molecule has 1 unspecified atom stereocenters. The minimum atomic E-state index is 0.293. The number of aromatic nitrogens is 1. The third-order valence-electron chi connectivity index (χ3n) is 10.9. The molecule has 1 atom stereocenters. The van der Waals surface area contributed by atoms with Crippen molar-refractivity contribution in [3.63, 3.8) is 0 Å². The summed E-state index contributed by atoms with van der Waals surface area (Å²) < 4.78 is 5.13. The Bertz CT molecular complexity index is 2890. The van der Waals surface area contributed by atoms with Crippen molar-refractivity contribution in [1.29, 1.82) is 0 Å². The lowest BCUT2D eigenvalue weighted by Crippen LogP contribution is -2.27. The third-order valence-corrected chi connectivity index (χ3v) is 12.1. The van der Waals surface area contributed by atoms with Crippen molar-refractivity contribution in [1.82, 2.24) is 4.57 Å². The second-order valence-corrected chi connectivity index (χ2v) is 14.7. The van der Waals surface area contributed by atoms with E-state index in [2.05, 4.69) is 185 Å². The number of allylic oxidation sites excluding steroid dienone is 2. The summed E-state index contributed by atoms with van der Waals surface area (Å²) in [4.78, 5) is 2.52. The molecule has 1 aliphatic carbocycles. The zero-order valence-corrected chi connectivity index (χ0v) is 28.6. The fourth-order valence-corrected chi connectivity index (χ4v) is 9.82. The van der Waals surface area contributed by atoms with Crippen molar-refractivity contribution in [2.45, 2.75) is 12.5 Å². The zero-order chi connectivity index (χ0) is 33.5. The van der Waals surface area contributed by atoms with Crippen LogP contribution in [-0.4, -0.2) is 10.6 Å². The Kier molecular flexibility index (Phi) is 6.28. The van der Waals surface area contributed by atoms with Crippen molar-refractivity contribution in [3.05, 3.63) is 187 Å². The minimum Gasteiger partial charge on any atom is -0.333 e. The Morgan fingerprint density at radius 1 is 0.510 bits per heavy atom. The van der Waals surface area contributed by atoms with Gasteiger partial charge in [-0.2, -0.15) is 0 Å². The van der Waals surface area contributed by atoms with Gasteiger partial charge in [0, 0.05) is 59.1 Å². The van der Waals surface area contributed by atoms with Crippen LogP contribution in [0.25, 0.3) is 69.9 Å². The van der Waals surface area contributed by atoms with Crippen LogP contribution in [0.2, 0.25) is 0 Å². The number of para-hydroxylation sites is 3. The second kappa shape index (κ2) is 11.2. The molecule has 51 heavy (non-hydrogen) atoms. The van der Waals surface area contributed by atoms with Crippen LogP contribution in [0.15, 0.2) is 176 Å². The summed E-state index contributed by atoms with van der Waals surface area (Å²) in [5.41, 5.74) is 14.0. The number of rotatable bonds is 4. The van der Waals surface area contributed by atoms with Gasteiger partial charge in [0.05, 0.1) is 17.1 Å². The molecule has 240 valence electrons. The Labute approximate surface area is 300 Å². The van der Waals surface area contributed by atoms with E-state index in [9.17, 15) is 0 Å². The van der Waals surface area contributed by atoms with E-state index < -0.39 is 0 Å². The van der Waals surface area contributed by atoms with E-state index >= 15 is 0 Å². The van der Waals surface area contributed by atoms with Gasteiger partial charge in [-0.1, -0.05) is 115 Å². The molecule has 2 aliphatic rings. The fourth-order valence-electron chi connectivity index (χ4n) is 8.60. The average molecular weight is 669 g/mol. The van der Waals surface area contributed by atoms with Gasteiger partial charge < -0.3 is 9.47 Å². The standard InChI is InChI=1S/C48H32N2S/c1-3-13-31(14-4-1)39-29-35(30-42-38-19-9-12-22-47(38)51-48(39)42)50-44-21-11-8-18-37(44)41-28-33(24-26-46(41)50)32-23-25-45-40(27-32)36-17-7-10-20-43(36)49(45)34-15-5-2-6-16-34/h1-24,26-30,45H,25H2. The second-order valence-electron chi connectivity index (χ2n) is 13.7. The molecule has 0 N–H and O–H groups in total. The molecule has 0 spiro atoms. The first-order valence-electron chi connectivity index (χ1n) is 17.7. The predicted molar refractivity (Wildman–Crippen MR) is 218 cm³/mol. The van der Waals surface area contributed by atoms with Crippen LogP contribution >= 0.6 is 11.3 Å². The van der Waals surface area contributed by atoms with E-state index in [0.29, 0.717) is 6.04 Å². The van der Waals surface area contributed by atoms with E-state index in [-0.39, 0.29) is 0 Å². The Balaban J connectivity index is 1.08. The third kappa shape index (κ3) is 4.35. The molecule has 3 heteroatoms. The first-order chi connectivity index (χ1) is 25.3. The van der Waals surface area contributed by atoms with Crippen LogP contribution in [0.5, 0.6) is 0 Å². The van der Waals surface area contributed by atoms with Gasteiger partial charge >= 0.3 is 0 Å². The summed E-state index contributed by atoms with van der Waals surface area (Å²) in [6.45, 7) is 0. The molecular formula is C48H32N2S. The first-order valence-corrected chi connectivity index (χ1v) is 18.5. The van der Waals surface area contributed by atoms with E-state index in [4.69, 9.17) is 0 Å². The van der Waals surface area contributed by atoms with E-state index in [1.807, 2.05) is 11.3 Å².